The van der Waals surface area contributed by atoms with E-state index >= 15 is 0 Å². The summed E-state index contributed by atoms with van der Waals surface area (Å²) in [5.74, 6) is 0.509. The Hall–Kier alpha value is -2.59. The van der Waals surface area contributed by atoms with Crippen molar-refractivity contribution >= 4 is 33.4 Å². The molecule has 4 rings (SSSR count). The van der Waals surface area contributed by atoms with Crippen LogP contribution in [0.5, 0.6) is 0 Å². The number of benzene rings is 2. The maximum absolute atomic E-state index is 13.0. The quantitative estimate of drug-likeness (QED) is 0.542. The van der Waals surface area contributed by atoms with E-state index in [1.54, 1.807) is 17.6 Å². The van der Waals surface area contributed by atoms with Crippen LogP contribution in [0.25, 0.3) is 21.8 Å². The van der Waals surface area contributed by atoms with Crippen LogP contribution in [0.2, 0.25) is 5.02 Å². The summed E-state index contributed by atoms with van der Waals surface area (Å²) >= 11 is 6.40. The molecule has 0 atom stereocenters. The Balaban J connectivity index is 2.07. The molecule has 0 aliphatic carbocycles. The molecule has 4 aromatic rings. The van der Waals surface area contributed by atoms with Crippen molar-refractivity contribution in [3.63, 3.8) is 0 Å². The second-order valence-electron chi connectivity index (χ2n) is 5.97. The highest BCUT2D eigenvalue weighted by Gasteiger charge is 2.18. The van der Waals surface area contributed by atoms with Crippen LogP contribution in [0.15, 0.2) is 51.8 Å². The third-order valence-electron chi connectivity index (χ3n) is 4.30. The molecule has 0 bridgehead atoms. The van der Waals surface area contributed by atoms with Crippen molar-refractivity contribution in [3.8, 4) is 0 Å². The predicted octanol–water partition coefficient (Wildman–Crippen LogP) is 4.46. The fraction of sp³-hybridized carbons (Fsp3) is 0.158. The lowest BCUT2D eigenvalue weighted by atomic mass is 10.1. The highest BCUT2D eigenvalue weighted by atomic mass is 35.5. The first-order valence-electron chi connectivity index (χ1n) is 7.69. The average Bonchev–Trinajstić information content (AvgIpc) is 2.95. The maximum atomic E-state index is 13.0. The highest BCUT2D eigenvalue weighted by molar-refractivity contribution is 6.37. The minimum absolute atomic E-state index is 0.112. The number of rotatable bonds is 2. The summed E-state index contributed by atoms with van der Waals surface area (Å²) in [6.07, 6.45) is 0. The van der Waals surface area contributed by atoms with Gasteiger partial charge in [0, 0.05) is 5.39 Å². The predicted molar refractivity (Wildman–Crippen MR) is 95.8 cm³/mol. The van der Waals surface area contributed by atoms with Gasteiger partial charge in [0.25, 0.3) is 5.56 Å². The number of halogens is 1. The van der Waals surface area contributed by atoms with Crippen molar-refractivity contribution in [2.45, 2.75) is 20.4 Å². The van der Waals surface area contributed by atoms with Gasteiger partial charge in [-0.15, -0.1) is 0 Å². The molecule has 0 amide bonds. The second-order valence-corrected chi connectivity index (χ2v) is 6.38. The SMILES string of the molecule is Cc1ccc(Cn2c(=O)c3c(C)onc3c3c(Cl)cccc32)cc1. The minimum atomic E-state index is -0.112. The van der Waals surface area contributed by atoms with E-state index in [2.05, 4.69) is 5.16 Å². The molecular weight excluding hydrogens is 324 g/mol. The fourth-order valence-electron chi connectivity index (χ4n) is 3.04. The Kier molecular flexibility index (Phi) is 3.43. The second kappa shape index (κ2) is 5.49. The fourth-order valence-corrected chi connectivity index (χ4v) is 3.30. The van der Waals surface area contributed by atoms with E-state index < -0.39 is 0 Å². The third kappa shape index (κ3) is 2.22. The molecule has 2 aromatic heterocycles. The molecule has 0 aliphatic rings. The van der Waals surface area contributed by atoms with E-state index in [1.165, 1.54) is 5.56 Å². The molecule has 0 spiro atoms. The van der Waals surface area contributed by atoms with Crippen LogP contribution in [0.3, 0.4) is 0 Å². The zero-order valence-electron chi connectivity index (χ0n) is 13.3. The molecule has 0 unspecified atom stereocenters. The van der Waals surface area contributed by atoms with Crippen LogP contribution in [-0.2, 0) is 6.54 Å². The van der Waals surface area contributed by atoms with Gasteiger partial charge >= 0.3 is 0 Å². The van der Waals surface area contributed by atoms with Crippen LogP contribution in [0.4, 0.5) is 0 Å². The van der Waals surface area contributed by atoms with Gasteiger partial charge < -0.3 is 9.09 Å². The summed E-state index contributed by atoms with van der Waals surface area (Å²) in [7, 11) is 0. The van der Waals surface area contributed by atoms with Gasteiger partial charge in [0.05, 0.1) is 17.1 Å². The lowest BCUT2D eigenvalue weighted by Gasteiger charge is -2.12. The number of aromatic nitrogens is 2. The molecule has 0 aliphatic heterocycles. The zero-order valence-corrected chi connectivity index (χ0v) is 14.1. The van der Waals surface area contributed by atoms with Gasteiger partial charge in [0.15, 0.2) is 0 Å². The van der Waals surface area contributed by atoms with Gasteiger partial charge in [-0.2, -0.15) is 0 Å². The van der Waals surface area contributed by atoms with Gasteiger partial charge in [-0.1, -0.05) is 52.7 Å². The number of aryl methyl sites for hydroxylation is 2. The zero-order chi connectivity index (χ0) is 16.8. The van der Waals surface area contributed by atoms with E-state index in [1.807, 2.05) is 43.3 Å². The number of pyridine rings is 1. The molecule has 0 fully saturated rings. The molecule has 0 saturated carbocycles. The van der Waals surface area contributed by atoms with E-state index in [0.29, 0.717) is 28.2 Å². The van der Waals surface area contributed by atoms with Crippen molar-refractivity contribution in [2.24, 2.45) is 0 Å². The Morgan fingerprint density at radius 1 is 1.08 bits per heavy atom. The summed E-state index contributed by atoms with van der Waals surface area (Å²) in [4.78, 5) is 13.0. The average molecular weight is 339 g/mol. The first-order chi connectivity index (χ1) is 11.6. The summed E-state index contributed by atoms with van der Waals surface area (Å²) < 4.78 is 6.99. The van der Waals surface area contributed by atoms with Gasteiger partial charge in [0.2, 0.25) is 0 Å². The first kappa shape index (κ1) is 15.0. The lowest BCUT2D eigenvalue weighted by molar-refractivity contribution is 0.406. The summed E-state index contributed by atoms with van der Waals surface area (Å²) in [6.45, 7) is 4.25. The highest BCUT2D eigenvalue weighted by Crippen LogP contribution is 2.30. The molecule has 2 heterocycles. The van der Waals surface area contributed by atoms with E-state index in [0.717, 1.165) is 16.5 Å². The van der Waals surface area contributed by atoms with Gasteiger partial charge in [-0.05, 0) is 31.5 Å². The van der Waals surface area contributed by atoms with E-state index in [-0.39, 0.29) is 5.56 Å². The molecule has 0 N–H and O–H groups in total. The number of nitrogens with zero attached hydrogens (tertiary/aromatic N) is 2. The van der Waals surface area contributed by atoms with Crippen LogP contribution >= 0.6 is 11.6 Å². The minimum Gasteiger partial charge on any atom is -0.360 e. The molecule has 120 valence electrons. The summed E-state index contributed by atoms with van der Waals surface area (Å²) in [5, 5.41) is 5.85. The molecule has 2 aromatic carbocycles. The molecule has 5 heteroatoms. The van der Waals surface area contributed by atoms with Crippen LogP contribution in [-0.4, -0.2) is 9.72 Å². The first-order valence-corrected chi connectivity index (χ1v) is 8.06. The molecular formula is C19H15ClN2O2. The van der Waals surface area contributed by atoms with Gasteiger partial charge in [-0.25, -0.2) is 0 Å². The van der Waals surface area contributed by atoms with Crippen LogP contribution in [0, 0.1) is 13.8 Å². The standard InChI is InChI=1S/C19H15ClN2O2/c1-11-6-8-13(9-7-11)10-22-15-5-3-4-14(20)17(15)18-16(19(22)23)12(2)24-21-18/h3-9H,10H2,1-2H3. The van der Waals surface area contributed by atoms with Crippen molar-refractivity contribution in [2.75, 3.05) is 0 Å². The lowest BCUT2D eigenvalue weighted by Crippen LogP contribution is -2.21. The van der Waals surface area contributed by atoms with Crippen molar-refractivity contribution < 1.29 is 4.52 Å². The van der Waals surface area contributed by atoms with Gasteiger partial charge in [0.1, 0.15) is 16.7 Å². The normalized spacial score (nSPS) is 11.5. The van der Waals surface area contributed by atoms with Crippen molar-refractivity contribution in [1.82, 2.24) is 9.72 Å². The van der Waals surface area contributed by atoms with Crippen molar-refractivity contribution in [1.29, 1.82) is 0 Å². The number of fused-ring (bicyclic) bond motifs is 3. The topological polar surface area (TPSA) is 48.0 Å². The Bertz CT molecular complexity index is 1120. The molecule has 0 radical (unpaired) electrons. The number of hydrogen-bond donors (Lipinski definition) is 0. The Morgan fingerprint density at radius 2 is 1.83 bits per heavy atom. The monoisotopic (exact) mass is 338 g/mol. The van der Waals surface area contributed by atoms with E-state index in [4.69, 9.17) is 16.1 Å². The smallest absolute Gasteiger partial charge is 0.264 e. The van der Waals surface area contributed by atoms with Crippen molar-refractivity contribution in [3.05, 3.63) is 74.7 Å². The van der Waals surface area contributed by atoms with Crippen LogP contribution in [0.1, 0.15) is 16.9 Å². The molecule has 0 saturated heterocycles. The summed E-state index contributed by atoms with van der Waals surface area (Å²) in [6, 6.07) is 13.7. The van der Waals surface area contributed by atoms with Gasteiger partial charge in [-0.3, -0.25) is 4.79 Å². The molecule has 4 nitrogen and oxygen atoms in total. The largest absolute Gasteiger partial charge is 0.360 e. The number of hydrogen-bond acceptors (Lipinski definition) is 3. The maximum Gasteiger partial charge on any atom is 0.264 e. The third-order valence-corrected chi connectivity index (χ3v) is 4.62. The Morgan fingerprint density at radius 3 is 2.58 bits per heavy atom. The Labute approximate surface area is 143 Å². The summed E-state index contributed by atoms with van der Waals surface area (Å²) in [5.41, 5.74) is 3.41. The molecule has 24 heavy (non-hydrogen) atoms. The van der Waals surface area contributed by atoms with Crippen LogP contribution < -0.4 is 5.56 Å². The van der Waals surface area contributed by atoms with E-state index in [9.17, 15) is 4.79 Å².